The largest absolute Gasteiger partial charge is 0.304 e. The van der Waals surface area contributed by atoms with Gasteiger partial charge >= 0.3 is 0 Å². The molecule has 2 nitrogen and oxygen atoms in total. The van der Waals surface area contributed by atoms with E-state index in [-0.39, 0.29) is 11.9 Å². The van der Waals surface area contributed by atoms with Gasteiger partial charge in [0.15, 0.2) is 0 Å². The van der Waals surface area contributed by atoms with Crippen molar-refractivity contribution in [1.29, 1.82) is 0 Å². The second-order valence-corrected chi connectivity index (χ2v) is 5.85. The molecule has 0 heterocycles. The number of rotatable bonds is 2. The molecule has 0 aliphatic heterocycles. The van der Waals surface area contributed by atoms with Crippen molar-refractivity contribution in [1.82, 2.24) is 0 Å². The monoisotopic (exact) mass is 354 g/mol. The highest BCUT2D eigenvalue weighted by Gasteiger charge is 2.23. The predicted octanol–water partition coefficient (Wildman–Crippen LogP) is 3.86. The van der Waals surface area contributed by atoms with Gasteiger partial charge in [-0.15, -0.1) is 0 Å². The van der Waals surface area contributed by atoms with Crippen molar-refractivity contribution in [3.8, 4) is 0 Å². The molecule has 0 aromatic heterocycles. The predicted molar refractivity (Wildman–Crippen MR) is 82.7 cm³/mol. The average molecular weight is 354 g/mol. The minimum Gasteiger partial charge on any atom is -0.304 e. The van der Waals surface area contributed by atoms with Crippen LogP contribution in [0, 0.1) is 16.6 Å². The first-order valence-electron chi connectivity index (χ1n) is 6.24. The van der Waals surface area contributed by atoms with Gasteiger partial charge in [-0.2, -0.15) is 0 Å². The number of hydrogen-bond donors (Lipinski definition) is 0. The van der Waals surface area contributed by atoms with Gasteiger partial charge in [-0.05, 0) is 66.5 Å². The Morgan fingerprint density at radius 1 is 1.56 bits per heavy atom. The third kappa shape index (κ3) is 2.94. The zero-order valence-electron chi connectivity index (χ0n) is 10.7. The topological polar surface area (TPSA) is 20.3 Å². The lowest BCUT2D eigenvalue weighted by atomic mass is 10.0. The number of carbonyl (C=O) groups excluding carboxylic acids is 1. The second kappa shape index (κ2) is 5.87. The van der Waals surface area contributed by atoms with Crippen LogP contribution in [0.2, 0.25) is 0 Å². The molecule has 0 spiro atoms. The Morgan fingerprint density at radius 2 is 2.33 bits per heavy atom. The van der Waals surface area contributed by atoms with Crippen molar-refractivity contribution in [3.05, 3.63) is 39.5 Å². The molecule has 1 aromatic carbocycles. The van der Waals surface area contributed by atoms with Gasteiger partial charge in [-0.1, -0.05) is 12.2 Å². The van der Waals surface area contributed by atoms with E-state index < -0.39 is 0 Å². The van der Waals surface area contributed by atoms with Gasteiger partial charge in [0.25, 0.3) is 0 Å². The Labute approximate surface area is 122 Å². The highest BCUT2D eigenvalue weighted by atomic mass is 127. The van der Waals surface area contributed by atoms with E-state index >= 15 is 0 Å². The van der Waals surface area contributed by atoms with E-state index in [1.807, 2.05) is 17.9 Å². The average Bonchev–Trinajstić information content (AvgIpc) is 2.33. The molecule has 0 fully saturated rings. The first kappa shape index (κ1) is 13.6. The van der Waals surface area contributed by atoms with Crippen LogP contribution in [0.3, 0.4) is 0 Å². The molecule has 0 unspecified atom stereocenters. The summed E-state index contributed by atoms with van der Waals surface area (Å²) in [6.07, 6.45) is 7.62. The molecule has 1 radical (unpaired) electrons. The molecular weight excluding hydrogens is 337 g/mol. The summed E-state index contributed by atoms with van der Waals surface area (Å²) in [5.41, 5.74) is 2.08. The fourth-order valence-corrected chi connectivity index (χ4v) is 3.22. The van der Waals surface area contributed by atoms with E-state index in [0.29, 0.717) is 0 Å². The number of nitrogens with zero attached hydrogens (tertiary/aromatic N) is 1. The van der Waals surface area contributed by atoms with Crippen molar-refractivity contribution >= 4 is 34.2 Å². The van der Waals surface area contributed by atoms with Crippen LogP contribution < -0.4 is 4.90 Å². The molecule has 1 amide bonds. The first-order valence-corrected chi connectivity index (χ1v) is 7.32. The standard InChI is InChI=1S/C15H17INO/c1-11-8-9-15(14(16)10-11)17(12(2)18)13-6-4-3-5-7-13/h4,6,8,10,13H,3,5,7H2,1-2H3/t13-/m0/s1. The van der Waals surface area contributed by atoms with Crippen LogP contribution in [0.4, 0.5) is 5.69 Å². The van der Waals surface area contributed by atoms with Crippen molar-refractivity contribution in [3.63, 3.8) is 0 Å². The van der Waals surface area contributed by atoms with Crippen molar-refractivity contribution < 1.29 is 4.79 Å². The minimum absolute atomic E-state index is 0.0876. The summed E-state index contributed by atoms with van der Waals surface area (Å²) in [6.45, 7) is 3.67. The summed E-state index contributed by atoms with van der Waals surface area (Å²) in [7, 11) is 0. The molecule has 3 heteroatoms. The molecule has 0 saturated heterocycles. The number of hydrogen-bond acceptors (Lipinski definition) is 1. The molecule has 1 aliphatic carbocycles. The van der Waals surface area contributed by atoms with E-state index in [9.17, 15) is 4.79 Å². The van der Waals surface area contributed by atoms with Gasteiger partial charge in [0.2, 0.25) is 5.91 Å². The maximum Gasteiger partial charge on any atom is 0.224 e. The Hall–Kier alpha value is -0.840. The summed E-state index contributed by atoms with van der Waals surface area (Å²) >= 11 is 2.28. The molecule has 0 N–H and O–H groups in total. The van der Waals surface area contributed by atoms with Gasteiger partial charge in [0, 0.05) is 16.6 Å². The molecule has 2 rings (SSSR count). The number of allylic oxidation sites excluding steroid dienone is 1. The lowest BCUT2D eigenvalue weighted by molar-refractivity contribution is -0.116. The number of carbonyl (C=O) groups is 1. The lowest BCUT2D eigenvalue weighted by Crippen LogP contribution is -2.39. The van der Waals surface area contributed by atoms with Crippen molar-refractivity contribution in [2.45, 2.75) is 39.2 Å². The molecule has 1 atom stereocenters. The third-order valence-electron chi connectivity index (χ3n) is 3.16. The van der Waals surface area contributed by atoms with Crippen LogP contribution in [-0.2, 0) is 4.79 Å². The molecule has 18 heavy (non-hydrogen) atoms. The molecule has 0 saturated carbocycles. The van der Waals surface area contributed by atoms with Crippen LogP contribution >= 0.6 is 22.6 Å². The van der Waals surface area contributed by atoms with E-state index in [4.69, 9.17) is 0 Å². The quantitative estimate of drug-likeness (QED) is 0.583. The zero-order valence-corrected chi connectivity index (χ0v) is 12.9. The van der Waals surface area contributed by atoms with E-state index in [1.165, 1.54) is 5.56 Å². The Kier molecular flexibility index (Phi) is 4.43. The van der Waals surface area contributed by atoms with Gasteiger partial charge < -0.3 is 4.90 Å². The Balaban J connectivity index is 2.37. The fraction of sp³-hybridized carbons (Fsp3) is 0.400. The summed E-state index contributed by atoms with van der Waals surface area (Å²) in [6, 6.07) is 7.47. The van der Waals surface area contributed by atoms with Crippen LogP contribution in [0.1, 0.15) is 31.7 Å². The highest BCUT2D eigenvalue weighted by molar-refractivity contribution is 14.1. The maximum atomic E-state index is 11.9. The molecule has 95 valence electrons. The van der Waals surface area contributed by atoms with E-state index in [2.05, 4.69) is 46.9 Å². The lowest BCUT2D eigenvalue weighted by Gasteiger charge is -2.31. The van der Waals surface area contributed by atoms with Gasteiger partial charge in [-0.3, -0.25) is 4.79 Å². The second-order valence-electron chi connectivity index (χ2n) is 4.69. The summed E-state index contributed by atoms with van der Waals surface area (Å²) in [5, 5.41) is 0. The first-order chi connectivity index (χ1) is 8.59. The number of amides is 1. The molecule has 0 bridgehead atoms. The summed E-state index contributed by atoms with van der Waals surface area (Å²) < 4.78 is 1.08. The van der Waals surface area contributed by atoms with E-state index in [0.717, 1.165) is 28.5 Å². The highest BCUT2D eigenvalue weighted by Crippen LogP contribution is 2.28. The molecular formula is C15H17INO. The number of benzene rings is 1. The van der Waals surface area contributed by atoms with Crippen molar-refractivity contribution in [2.24, 2.45) is 0 Å². The van der Waals surface area contributed by atoms with Gasteiger partial charge in [0.1, 0.15) is 0 Å². The minimum atomic E-state index is 0.0876. The van der Waals surface area contributed by atoms with Crippen molar-refractivity contribution in [2.75, 3.05) is 4.90 Å². The Bertz CT molecular complexity index is 481. The summed E-state index contributed by atoms with van der Waals surface area (Å²) in [5.74, 6) is 0.0876. The normalized spacial score (nSPS) is 18.7. The van der Waals surface area contributed by atoms with E-state index in [1.54, 1.807) is 6.92 Å². The van der Waals surface area contributed by atoms with Crippen LogP contribution in [0.25, 0.3) is 0 Å². The smallest absolute Gasteiger partial charge is 0.224 e. The van der Waals surface area contributed by atoms with Crippen LogP contribution in [0.15, 0.2) is 24.3 Å². The van der Waals surface area contributed by atoms with Crippen LogP contribution in [-0.4, -0.2) is 11.9 Å². The zero-order chi connectivity index (χ0) is 13.1. The number of halogens is 1. The molecule has 1 aromatic rings. The third-order valence-corrected chi connectivity index (χ3v) is 3.98. The van der Waals surface area contributed by atoms with Gasteiger partial charge in [0.05, 0.1) is 11.7 Å². The van der Waals surface area contributed by atoms with Gasteiger partial charge in [-0.25, -0.2) is 0 Å². The Morgan fingerprint density at radius 3 is 2.89 bits per heavy atom. The van der Waals surface area contributed by atoms with Crippen LogP contribution in [0.5, 0.6) is 0 Å². The molecule has 1 aliphatic rings. The fourth-order valence-electron chi connectivity index (χ4n) is 2.31. The number of aryl methyl sites for hydroxylation is 1. The SMILES string of the molecule is CC(=O)N(c1[c]cc(C)cc1I)[C@H]1C=CCCC1. The maximum absolute atomic E-state index is 11.9. The number of anilines is 1. The summed E-state index contributed by atoms with van der Waals surface area (Å²) in [4.78, 5) is 13.8.